The van der Waals surface area contributed by atoms with Crippen LogP contribution in [0.4, 0.5) is 4.39 Å². The molecule has 1 saturated heterocycles. The second-order valence-electron chi connectivity index (χ2n) is 3.08. The molecule has 0 aromatic carbocycles. The number of fused-ring (bicyclic) bond motifs is 1. The number of allylic oxidation sites excluding steroid dienone is 2. The Hall–Kier alpha value is -0.530. The number of hydrogen-bond donors (Lipinski definition) is 0. The summed E-state index contributed by atoms with van der Waals surface area (Å²) in [5.74, 6) is 0. The lowest BCUT2D eigenvalue weighted by Gasteiger charge is -2.26. The van der Waals surface area contributed by atoms with Crippen molar-refractivity contribution in [2.24, 2.45) is 0 Å². The summed E-state index contributed by atoms with van der Waals surface area (Å²) in [4.78, 5) is 2.17. The number of hydrogen-bond acceptors (Lipinski definition) is 1. The molecule has 0 aromatic rings. The normalized spacial score (nSPS) is 31.9. The van der Waals surface area contributed by atoms with Gasteiger partial charge in [0.15, 0.2) is 0 Å². The largest absolute Gasteiger partial charge is 0.372 e. The number of rotatable bonds is 0. The maximum atomic E-state index is 12.7. The first-order valence-corrected chi connectivity index (χ1v) is 3.94. The summed E-state index contributed by atoms with van der Waals surface area (Å²) in [5.41, 5.74) is 1.38. The van der Waals surface area contributed by atoms with Crippen LogP contribution in [0.2, 0.25) is 0 Å². The minimum Gasteiger partial charge on any atom is -0.372 e. The third kappa shape index (κ3) is 0.917. The highest BCUT2D eigenvalue weighted by Crippen LogP contribution is 2.26. The Morgan fingerprint density at radius 1 is 1.60 bits per heavy atom. The van der Waals surface area contributed by atoms with Gasteiger partial charge in [0.1, 0.15) is 6.17 Å². The molecule has 0 aromatic heterocycles. The van der Waals surface area contributed by atoms with Gasteiger partial charge in [0.25, 0.3) is 0 Å². The molecule has 0 bridgehead atoms. The van der Waals surface area contributed by atoms with E-state index in [-0.39, 0.29) is 0 Å². The van der Waals surface area contributed by atoms with E-state index in [4.69, 9.17) is 0 Å². The van der Waals surface area contributed by atoms with Gasteiger partial charge in [-0.1, -0.05) is 6.08 Å². The van der Waals surface area contributed by atoms with Gasteiger partial charge in [-0.2, -0.15) is 0 Å². The van der Waals surface area contributed by atoms with E-state index in [1.807, 2.05) is 0 Å². The Kier molecular flexibility index (Phi) is 1.40. The van der Waals surface area contributed by atoms with Crippen LogP contribution in [0.15, 0.2) is 11.8 Å². The first-order chi connectivity index (χ1) is 4.86. The molecule has 0 amide bonds. The van der Waals surface area contributed by atoms with Crippen molar-refractivity contribution in [2.45, 2.75) is 25.4 Å². The zero-order valence-corrected chi connectivity index (χ0v) is 6.02. The van der Waals surface area contributed by atoms with Crippen LogP contribution in [0.3, 0.4) is 0 Å². The molecule has 2 aliphatic rings. The van der Waals surface area contributed by atoms with E-state index in [2.05, 4.69) is 11.0 Å². The lowest BCUT2D eigenvalue weighted by atomic mass is 10.1. The summed E-state index contributed by atoms with van der Waals surface area (Å²) < 4.78 is 12.7. The molecule has 0 aliphatic carbocycles. The molecule has 1 fully saturated rings. The summed E-state index contributed by atoms with van der Waals surface area (Å²) in [7, 11) is 0. The fourth-order valence-electron chi connectivity index (χ4n) is 1.77. The fourth-order valence-corrected chi connectivity index (χ4v) is 1.77. The van der Waals surface area contributed by atoms with Gasteiger partial charge in [0.05, 0.1) is 0 Å². The molecule has 2 aliphatic heterocycles. The van der Waals surface area contributed by atoms with Crippen LogP contribution in [0.5, 0.6) is 0 Å². The van der Waals surface area contributed by atoms with E-state index in [0.29, 0.717) is 13.0 Å². The minimum absolute atomic E-state index is 0.609. The van der Waals surface area contributed by atoms with Gasteiger partial charge in [-0.05, 0) is 12.8 Å². The van der Waals surface area contributed by atoms with Crippen LogP contribution in [0, 0.1) is 0 Å². The van der Waals surface area contributed by atoms with Gasteiger partial charge >= 0.3 is 0 Å². The second-order valence-corrected chi connectivity index (χ2v) is 3.08. The molecule has 2 heteroatoms. The minimum atomic E-state index is -0.609. The smallest absolute Gasteiger partial charge is 0.121 e. The van der Waals surface area contributed by atoms with Crippen molar-refractivity contribution < 1.29 is 4.39 Å². The Labute approximate surface area is 60.5 Å². The first kappa shape index (κ1) is 6.20. The van der Waals surface area contributed by atoms with Crippen molar-refractivity contribution in [3.8, 4) is 0 Å². The third-order valence-corrected chi connectivity index (χ3v) is 2.29. The zero-order chi connectivity index (χ0) is 6.97. The predicted octanol–water partition coefficient (Wildman–Crippen LogP) is 1.71. The van der Waals surface area contributed by atoms with E-state index in [9.17, 15) is 4.39 Å². The molecule has 0 spiro atoms. The Bertz CT molecular complexity index is 165. The molecular formula is C8H12FN. The average molecular weight is 141 g/mol. The van der Waals surface area contributed by atoms with Crippen molar-refractivity contribution in [1.29, 1.82) is 0 Å². The van der Waals surface area contributed by atoms with E-state index in [1.54, 1.807) is 0 Å². The van der Waals surface area contributed by atoms with E-state index >= 15 is 0 Å². The van der Waals surface area contributed by atoms with Gasteiger partial charge in [0.2, 0.25) is 0 Å². The molecule has 1 nitrogen and oxygen atoms in total. The van der Waals surface area contributed by atoms with Crippen LogP contribution in [-0.4, -0.2) is 24.2 Å². The quantitative estimate of drug-likeness (QED) is 0.496. The van der Waals surface area contributed by atoms with Gasteiger partial charge in [-0.25, -0.2) is 4.39 Å². The molecular weight excluding hydrogens is 129 g/mol. The van der Waals surface area contributed by atoms with Crippen molar-refractivity contribution in [3.63, 3.8) is 0 Å². The van der Waals surface area contributed by atoms with Gasteiger partial charge in [0, 0.05) is 25.2 Å². The monoisotopic (exact) mass is 141 g/mol. The number of nitrogens with zero attached hydrogens (tertiary/aromatic N) is 1. The van der Waals surface area contributed by atoms with Crippen molar-refractivity contribution in [1.82, 2.24) is 4.90 Å². The topological polar surface area (TPSA) is 3.24 Å². The third-order valence-electron chi connectivity index (χ3n) is 2.29. The van der Waals surface area contributed by atoms with Crippen LogP contribution in [-0.2, 0) is 0 Å². The molecule has 2 rings (SSSR count). The summed E-state index contributed by atoms with van der Waals surface area (Å²) >= 11 is 0. The maximum absolute atomic E-state index is 12.7. The van der Waals surface area contributed by atoms with Gasteiger partial charge < -0.3 is 4.90 Å². The molecule has 0 radical (unpaired) electrons. The fraction of sp³-hybridized carbons (Fsp3) is 0.750. The highest BCUT2D eigenvalue weighted by atomic mass is 19.1. The second kappa shape index (κ2) is 2.26. The Morgan fingerprint density at radius 3 is 3.40 bits per heavy atom. The predicted molar refractivity (Wildman–Crippen MR) is 38.4 cm³/mol. The highest BCUT2D eigenvalue weighted by Gasteiger charge is 2.23. The summed E-state index contributed by atoms with van der Waals surface area (Å²) in [5, 5.41) is 0. The van der Waals surface area contributed by atoms with E-state index < -0.39 is 6.17 Å². The molecule has 1 atom stereocenters. The molecule has 0 saturated carbocycles. The molecule has 0 unspecified atom stereocenters. The summed E-state index contributed by atoms with van der Waals surface area (Å²) in [6, 6.07) is 0. The number of halogens is 1. The SMILES string of the molecule is F[C@@H]1CC=C2CCCN2C1. The average Bonchev–Trinajstić information content (AvgIpc) is 2.33. The maximum Gasteiger partial charge on any atom is 0.121 e. The highest BCUT2D eigenvalue weighted by molar-refractivity contribution is 5.10. The van der Waals surface area contributed by atoms with Gasteiger partial charge in [-0.15, -0.1) is 0 Å². The van der Waals surface area contributed by atoms with E-state index in [1.165, 1.54) is 18.5 Å². The molecule has 0 N–H and O–H groups in total. The molecule has 10 heavy (non-hydrogen) atoms. The standard InChI is InChI=1S/C8H12FN/c9-7-3-4-8-2-1-5-10(8)6-7/h4,7H,1-3,5-6H2/t7-/m1/s1. The Morgan fingerprint density at radius 2 is 2.50 bits per heavy atom. The van der Waals surface area contributed by atoms with Crippen LogP contribution >= 0.6 is 0 Å². The van der Waals surface area contributed by atoms with Crippen molar-refractivity contribution in [2.75, 3.05) is 13.1 Å². The molecule has 56 valence electrons. The molecule has 2 heterocycles. The summed E-state index contributed by atoms with van der Waals surface area (Å²) in [6.07, 6.45) is 4.49. The Balaban J connectivity index is 2.12. The van der Waals surface area contributed by atoms with Crippen molar-refractivity contribution in [3.05, 3.63) is 11.8 Å². The lowest BCUT2D eigenvalue weighted by Crippen LogP contribution is -2.29. The lowest BCUT2D eigenvalue weighted by molar-refractivity contribution is 0.228. The van der Waals surface area contributed by atoms with Gasteiger partial charge in [-0.3, -0.25) is 0 Å². The summed E-state index contributed by atoms with van der Waals surface area (Å²) in [6.45, 7) is 1.72. The van der Waals surface area contributed by atoms with Crippen LogP contribution < -0.4 is 0 Å². The first-order valence-electron chi connectivity index (χ1n) is 3.94. The van der Waals surface area contributed by atoms with Crippen molar-refractivity contribution >= 4 is 0 Å². The van der Waals surface area contributed by atoms with E-state index in [0.717, 1.165) is 6.54 Å². The van der Waals surface area contributed by atoms with Crippen LogP contribution in [0.1, 0.15) is 19.3 Å². The van der Waals surface area contributed by atoms with Crippen LogP contribution in [0.25, 0.3) is 0 Å². The number of alkyl halides is 1. The zero-order valence-electron chi connectivity index (χ0n) is 6.02.